The van der Waals surface area contributed by atoms with Gasteiger partial charge in [0.25, 0.3) is 5.56 Å². The predicted molar refractivity (Wildman–Crippen MR) is 72.9 cm³/mol. The second-order valence-corrected chi connectivity index (χ2v) is 6.53. The number of hydrogen-bond donors (Lipinski definition) is 1. The van der Waals surface area contributed by atoms with E-state index < -0.39 is 0 Å². The van der Waals surface area contributed by atoms with Gasteiger partial charge in [-0.3, -0.25) is 4.79 Å². The van der Waals surface area contributed by atoms with E-state index in [0.29, 0.717) is 16.1 Å². The third-order valence-corrected chi connectivity index (χ3v) is 5.12. The first kappa shape index (κ1) is 11.4. The van der Waals surface area contributed by atoms with Crippen LogP contribution in [0.15, 0.2) is 21.4 Å². The number of nitrogens with one attached hydrogen (secondary N) is 1. The SMILES string of the molecule is O=c1cc(C2CC2)nc(-c2cc(Br)c(Cl)s2)[nH]1. The summed E-state index contributed by atoms with van der Waals surface area (Å²) in [5.74, 6) is 1.08. The second-order valence-electron chi connectivity index (χ2n) is 4.03. The summed E-state index contributed by atoms with van der Waals surface area (Å²) in [6, 6.07) is 3.47. The Balaban J connectivity index is 2.10. The third kappa shape index (κ3) is 2.32. The van der Waals surface area contributed by atoms with Crippen LogP contribution in [-0.2, 0) is 0 Å². The van der Waals surface area contributed by atoms with E-state index in [2.05, 4.69) is 25.9 Å². The van der Waals surface area contributed by atoms with Crippen LogP contribution >= 0.6 is 38.9 Å². The molecule has 0 bridgehead atoms. The van der Waals surface area contributed by atoms with E-state index >= 15 is 0 Å². The molecule has 0 radical (unpaired) electrons. The molecule has 2 aromatic rings. The topological polar surface area (TPSA) is 45.8 Å². The molecule has 2 aromatic heterocycles. The Morgan fingerprint density at radius 2 is 2.24 bits per heavy atom. The number of aromatic nitrogens is 2. The first-order valence-corrected chi connectivity index (χ1v) is 7.18. The Hall–Kier alpha value is -0.650. The van der Waals surface area contributed by atoms with Gasteiger partial charge in [0.1, 0.15) is 4.34 Å². The van der Waals surface area contributed by atoms with Gasteiger partial charge in [-0.1, -0.05) is 11.6 Å². The summed E-state index contributed by atoms with van der Waals surface area (Å²) in [6.45, 7) is 0. The molecule has 0 aromatic carbocycles. The van der Waals surface area contributed by atoms with E-state index in [1.807, 2.05) is 6.07 Å². The Morgan fingerprint density at radius 1 is 1.47 bits per heavy atom. The van der Waals surface area contributed by atoms with E-state index in [4.69, 9.17) is 11.6 Å². The Kier molecular flexibility index (Phi) is 2.84. The van der Waals surface area contributed by atoms with Crippen molar-refractivity contribution in [3.63, 3.8) is 0 Å². The van der Waals surface area contributed by atoms with Gasteiger partial charge in [-0.05, 0) is 34.8 Å². The quantitative estimate of drug-likeness (QED) is 0.910. The van der Waals surface area contributed by atoms with E-state index in [0.717, 1.165) is 27.9 Å². The molecular formula is C11H8BrClN2OS. The van der Waals surface area contributed by atoms with Crippen LogP contribution in [0.5, 0.6) is 0 Å². The summed E-state index contributed by atoms with van der Waals surface area (Å²) in [5.41, 5.74) is 0.793. The molecule has 0 spiro atoms. The monoisotopic (exact) mass is 330 g/mol. The van der Waals surface area contributed by atoms with Crippen molar-refractivity contribution >= 4 is 38.9 Å². The lowest BCUT2D eigenvalue weighted by Gasteiger charge is -2.00. The highest BCUT2D eigenvalue weighted by Crippen LogP contribution is 2.40. The minimum absolute atomic E-state index is 0.0995. The lowest BCUT2D eigenvalue weighted by Crippen LogP contribution is -2.09. The van der Waals surface area contributed by atoms with Crippen molar-refractivity contribution in [3.8, 4) is 10.7 Å². The van der Waals surface area contributed by atoms with E-state index in [-0.39, 0.29) is 5.56 Å². The van der Waals surface area contributed by atoms with Gasteiger partial charge < -0.3 is 4.98 Å². The lowest BCUT2D eigenvalue weighted by molar-refractivity contribution is 0.979. The first-order valence-electron chi connectivity index (χ1n) is 5.20. The van der Waals surface area contributed by atoms with Crippen LogP contribution in [0.25, 0.3) is 10.7 Å². The minimum Gasteiger partial charge on any atom is -0.306 e. The fourth-order valence-corrected chi connectivity index (χ4v) is 3.29. The first-order chi connectivity index (χ1) is 8.13. The molecule has 1 aliphatic rings. The van der Waals surface area contributed by atoms with Gasteiger partial charge in [0.05, 0.1) is 10.6 Å². The maximum Gasteiger partial charge on any atom is 0.251 e. The second kappa shape index (κ2) is 4.23. The van der Waals surface area contributed by atoms with Gasteiger partial charge in [-0.25, -0.2) is 4.98 Å². The van der Waals surface area contributed by atoms with Gasteiger partial charge in [0.15, 0.2) is 5.82 Å². The van der Waals surface area contributed by atoms with Crippen molar-refractivity contribution in [2.45, 2.75) is 18.8 Å². The van der Waals surface area contributed by atoms with Crippen molar-refractivity contribution in [1.29, 1.82) is 0 Å². The summed E-state index contributed by atoms with van der Waals surface area (Å²) < 4.78 is 1.50. The molecular weight excluding hydrogens is 324 g/mol. The molecule has 0 aliphatic heterocycles. The van der Waals surface area contributed by atoms with Crippen LogP contribution in [0.4, 0.5) is 0 Å². The van der Waals surface area contributed by atoms with Crippen LogP contribution in [-0.4, -0.2) is 9.97 Å². The van der Waals surface area contributed by atoms with Gasteiger partial charge in [0, 0.05) is 16.5 Å². The number of rotatable bonds is 2. The van der Waals surface area contributed by atoms with Gasteiger partial charge >= 0.3 is 0 Å². The molecule has 0 saturated heterocycles. The molecule has 0 atom stereocenters. The average molecular weight is 332 g/mol. The Bertz CT molecular complexity index is 613. The maximum atomic E-state index is 11.6. The molecule has 17 heavy (non-hydrogen) atoms. The summed E-state index contributed by atoms with van der Waals surface area (Å²) in [5, 5.41) is 0. The largest absolute Gasteiger partial charge is 0.306 e. The maximum absolute atomic E-state index is 11.6. The van der Waals surface area contributed by atoms with E-state index in [9.17, 15) is 4.79 Å². The van der Waals surface area contributed by atoms with Crippen LogP contribution in [0, 0.1) is 0 Å². The van der Waals surface area contributed by atoms with Crippen molar-refractivity contribution < 1.29 is 0 Å². The average Bonchev–Trinajstić information content (AvgIpc) is 3.06. The number of hydrogen-bond acceptors (Lipinski definition) is 3. The standard InChI is InChI=1S/C11H8BrClN2OS/c12-6-3-8(17-10(6)13)11-14-7(5-1-2-5)4-9(16)15-11/h3-5H,1-2H2,(H,14,15,16). The number of halogens is 2. The number of aromatic amines is 1. The van der Waals surface area contributed by atoms with Crippen LogP contribution in [0.2, 0.25) is 4.34 Å². The van der Waals surface area contributed by atoms with Crippen molar-refractivity contribution in [3.05, 3.63) is 37.0 Å². The van der Waals surface area contributed by atoms with Crippen LogP contribution in [0.1, 0.15) is 24.5 Å². The number of H-pyrrole nitrogens is 1. The molecule has 2 heterocycles. The fraction of sp³-hybridized carbons (Fsp3) is 0.273. The van der Waals surface area contributed by atoms with Gasteiger partial charge in [-0.2, -0.15) is 0 Å². The molecule has 3 nitrogen and oxygen atoms in total. The smallest absolute Gasteiger partial charge is 0.251 e. The fourth-order valence-electron chi connectivity index (χ4n) is 1.64. The zero-order valence-corrected chi connectivity index (χ0v) is 11.8. The molecule has 1 saturated carbocycles. The van der Waals surface area contributed by atoms with Gasteiger partial charge in [0.2, 0.25) is 0 Å². The third-order valence-electron chi connectivity index (χ3n) is 2.64. The molecule has 1 fully saturated rings. The van der Waals surface area contributed by atoms with Crippen molar-refractivity contribution in [1.82, 2.24) is 9.97 Å². The summed E-state index contributed by atoms with van der Waals surface area (Å²) in [4.78, 5) is 19.7. The van der Waals surface area contributed by atoms with Crippen LogP contribution in [0.3, 0.4) is 0 Å². The normalized spacial score (nSPS) is 15.2. The summed E-state index contributed by atoms with van der Waals surface area (Å²) >= 11 is 10.7. The molecule has 88 valence electrons. The molecule has 3 rings (SSSR count). The lowest BCUT2D eigenvalue weighted by atomic mass is 10.3. The number of thiophene rings is 1. The van der Waals surface area contributed by atoms with E-state index in [1.165, 1.54) is 11.3 Å². The van der Waals surface area contributed by atoms with Crippen molar-refractivity contribution in [2.24, 2.45) is 0 Å². The molecule has 0 unspecified atom stereocenters. The molecule has 1 aliphatic carbocycles. The van der Waals surface area contributed by atoms with Crippen molar-refractivity contribution in [2.75, 3.05) is 0 Å². The van der Waals surface area contributed by atoms with Crippen LogP contribution < -0.4 is 5.56 Å². The molecule has 1 N–H and O–H groups in total. The highest BCUT2D eigenvalue weighted by molar-refractivity contribution is 9.10. The zero-order valence-electron chi connectivity index (χ0n) is 8.67. The summed E-state index contributed by atoms with van der Waals surface area (Å²) in [6.07, 6.45) is 2.26. The predicted octanol–water partition coefficient (Wildman–Crippen LogP) is 3.79. The van der Waals surface area contributed by atoms with E-state index in [1.54, 1.807) is 6.07 Å². The highest BCUT2D eigenvalue weighted by atomic mass is 79.9. The Morgan fingerprint density at radius 3 is 2.82 bits per heavy atom. The molecule has 0 amide bonds. The highest BCUT2D eigenvalue weighted by Gasteiger charge is 2.26. The zero-order chi connectivity index (χ0) is 12.0. The number of nitrogens with zero attached hydrogens (tertiary/aromatic N) is 1. The van der Waals surface area contributed by atoms with Gasteiger partial charge in [-0.15, -0.1) is 11.3 Å². The Labute approximate surface area is 115 Å². The molecule has 6 heteroatoms. The minimum atomic E-state index is -0.0995. The summed E-state index contributed by atoms with van der Waals surface area (Å²) in [7, 11) is 0.